The third-order valence-electron chi connectivity index (χ3n) is 8.46. The molecule has 11 heteroatoms. The van der Waals surface area contributed by atoms with Crippen LogP contribution in [0.4, 0.5) is 8.78 Å². The van der Waals surface area contributed by atoms with Crippen LogP contribution in [0.1, 0.15) is 66.9 Å². The van der Waals surface area contributed by atoms with Crippen molar-refractivity contribution in [3.8, 4) is 22.8 Å². The van der Waals surface area contributed by atoms with Crippen molar-refractivity contribution in [3.63, 3.8) is 0 Å². The first-order valence-corrected chi connectivity index (χ1v) is 14.3. The zero-order chi connectivity index (χ0) is 30.2. The first kappa shape index (κ1) is 30.2. The third-order valence-corrected chi connectivity index (χ3v) is 8.83. The van der Waals surface area contributed by atoms with Crippen molar-refractivity contribution in [2.24, 2.45) is 5.73 Å². The van der Waals surface area contributed by atoms with E-state index in [2.05, 4.69) is 10.3 Å². The number of halogens is 3. The number of hydrogen-bond acceptors (Lipinski definition) is 7. The number of nitrogens with one attached hydrogen (secondary N) is 1. The number of amides is 1. The number of aromatic nitrogens is 1. The van der Waals surface area contributed by atoms with Gasteiger partial charge in [0.05, 0.1) is 22.8 Å². The molecule has 2 atom stereocenters. The van der Waals surface area contributed by atoms with E-state index in [4.69, 9.17) is 26.8 Å². The van der Waals surface area contributed by atoms with Crippen LogP contribution in [0.5, 0.6) is 11.6 Å². The van der Waals surface area contributed by atoms with Gasteiger partial charge < -0.3 is 30.7 Å². The summed E-state index contributed by atoms with van der Waals surface area (Å²) in [5.74, 6) is -3.78. The van der Waals surface area contributed by atoms with E-state index in [1.54, 1.807) is 0 Å². The minimum absolute atomic E-state index is 0.0757. The summed E-state index contributed by atoms with van der Waals surface area (Å²) >= 11 is 6.56. The predicted molar refractivity (Wildman–Crippen MR) is 154 cm³/mol. The number of pyridine rings is 1. The van der Waals surface area contributed by atoms with E-state index in [-0.39, 0.29) is 35.1 Å². The molecule has 1 amide bonds. The summed E-state index contributed by atoms with van der Waals surface area (Å²) in [6.45, 7) is 3.39. The van der Waals surface area contributed by atoms with Gasteiger partial charge >= 0.3 is 0 Å². The lowest BCUT2D eigenvalue weighted by Crippen LogP contribution is -2.49. The maximum Gasteiger partial charge on any atom is 0.251 e. The molecule has 0 unspecified atom stereocenters. The summed E-state index contributed by atoms with van der Waals surface area (Å²) in [5.41, 5.74) is 4.33. The molecule has 0 bridgehead atoms. The van der Waals surface area contributed by atoms with Crippen molar-refractivity contribution in [1.29, 1.82) is 0 Å². The topological polar surface area (TPSA) is 127 Å². The minimum atomic E-state index is -1.06. The number of primary amides is 1. The van der Waals surface area contributed by atoms with Gasteiger partial charge in [-0.1, -0.05) is 48.9 Å². The summed E-state index contributed by atoms with van der Waals surface area (Å²) in [7, 11) is 0. The monoisotopic (exact) mass is 601 g/mol. The molecule has 1 aliphatic carbocycles. The summed E-state index contributed by atoms with van der Waals surface area (Å²) in [6.07, 6.45) is 3.90. The van der Waals surface area contributed by atoms with Gasteiger partial charge in [0.15, 0.2) is 11.4 Å². The van der Waals surface area contributed by atoms with Crippen LogP contribution in [-0.4, -0.2) is 52.5 Å². The molecule has 1 aliphatic heterocycles. The average Bonchev–Trinajstić information content (AvgIpc) is 3.24. The highest BCUT2D eigenvalue weighted by atomic mass is 35.5. The number of aliphatic hydroxyl groups excluding tert-OH is 1. The van der Waals surface area contributed by atoms with Crippen molar-refractivity contribution >= 4 is 17.5 Å². The Balaban J connectivity index is 1.65. The first-order valence-electron chi connectivity index (χ1n) is 13.9. The summed E-state index contributed by atoms with van der Waals surface area (Å²) < 4.78 is 43.4. The van der Waals surface area contributed by atoms with Gasteiger partial charge in [-0.15, -0.1) is 0 Å². The summed E-state index contributed by atoms with van der Waals surface area (Å²) in [6, 6.07) is 10.7. The van der Waals surface area contributed by atoms with E-state index in [9.17, 15) is 15.0 Å². The van der Waals surface area contributed by atoms with Crippen LogP contribution in [0.2, 0.25) is 5.02 Å². The molecule has 224 valence electrons. The number of hydrogen-bond donors (Lipinski definition) is 4. The van der Waals surface area contributed by atoms with Crippen LogP contribution in [0, 0.1) is 11.6 Å². The van der Waals surface area contributed by atoms with Crippen LogP contribution in [-0.2, 0) is 5.60 Å². The minimum Gasteiger partial charge on any atom is -0.480 e. The standard InChI is InChI=1S/C31H34ClF2N3O5/c1-17-23-22(42-31(17,18-6-4-3-5-7-18)16-37-19-8-10-30(2,40)11-9-19)14-21(33)26(32)25(23)24-20(28(35)39)15-36-29(27(24)34)41-13-12-38/h3-7,14-15,17,19,37-38,40H,8-13,16H2,1-2H3,(H2,35,39)/t17-,19?,30?,31-/m0/s1. The lowest BCUT2D eigenvalue weighted by molar-refractivity contribution is 0.00890. The summed E-state index contributed by atoms with van der Waals surface area (Å²) in [5, 5.41) is 22.8. The Bertz CT molecular complexity index is 1480. The van der Waals surface area contributed by atoms with Crippen molar-refractivity contribution in [3.05, 3.63) is 75.9 Å². The number of nitrogens with zero attached hydrogens (tertiary/aromatic N) is 1. The van der Waals surface area contributed by atoms with E-state index in [1.165, 1.54) is 6.07 Å². The Labute approximate surface area is 247 Å². The molecule has 2 aliphatic rings. The van der Waals surface area contributed by atoms with Crippen LogP contribution in [0.25, 0.3) is 11.1 Å². The SMILES string of the molecule is C[C@H]1c2c(cc(F)c(Cl)c2-c2c(C(N)=O)cnc(OCCO)c2F)O[C@]1(CNC1CCC(C)(O)CC1)c1ccccc1. The number of carbonyl (C=O) groups excluding carboxylic acids is 1. The highest BCUT2D eigenvalue weighted by molar-refractivity contribution is 6.34. The Kier molecular flexibility index (Phi) is 8.44. The number of rotatable bonds is 9. The molecule has 0 radical (unpaired) electrons. The van der Waals surface area contributed by atoms with E-state index in [1.807, 2.05) is 44.2 Å². The Hall–Kier alpha value is -3.31. The molecule has 3 aromatic rings. The number of benzene rings is 2. The molecule has 1 saturated carbocycles. The molecule has 42 heavy (non-hydrogen) atoms. The van der Waals surface area contributed by atoms with Crippen molar-refractivity contribution in [2.45, 2.75) is 62.7 Å². The maximum atomic E-state index is 16.0. The van der Waals surface area contributed by atoms with Crippen LogP contribution < -0.4 is 20.5 Å². The van der Waals surface area contributed by atoms with Crippen LogP contribution in [0.15, 0.2) is 42.6 Å². The van der Waals surface area contributed by atoms with E-state index in [0.29, 0.717) is 24.9 Å². The number of aliphatic hydroxyl groups is 2. The number of nitrogens with two attached hydrogens (primary N) is 1. The Morgan fingerprint density at radius 2 is 1.93 bits per heavy atom. The third kappa shape index (κ3) is 5.44. The molecule has 1 aromatic heterocycles. The average molecular weight is 602 g/mol. The molecule has 2 aromatic carbocycles. The van der Waals surface area contributed by atoms with E-state index in [0.717, 1.165) is 24.6 Å². The zero-order valence-electron chi connectivity index (χ0n) is 23.4. The number of fused-ring (bicyclic) bond motifs is 1. The molecule has 1 fully saturated rings. The number of carbonyl (C=O) groups is 1. The van der Waals surface area contributed by atoms with E-state index < -0.39 is 52.2 Å². The van der Waals surface area contributed by atoms with Crippen LogP contribution in [0.3, 0.4) is 0 Å². The second-order valence-corrected chi connectivity index (χ2v) is 11.7. The quantitative estimate of drug-likeness (QED) is 0.277. The smallest absolute Gasteiger partial charge is 0.251 e. The lowest BCUT2D eigenvalue weighted by Gasteiger charge is -2.38. The normalized spacial score (nSPS) is 25.1. The molecule has 0 spiro atoms. The molecular weight excluding hydrogens is 568 g/mol. The van der Waals surface area contributed by atoms with Gasteiger partial charge in [0, 0.05) is 47.5 Å². The zero-order valence-corrected chi connectivity index (χ0v) is 24.2. The Morgan fingerprint density at radius 3 is 2.57 bits per heavy atom. The van der Waals surface area contributed by atoms with Gasteiger partial charge in [0.1, 0.15) is 18.2 Å². The van der Waals surface area contributed by atoms with Gasteiger partial charge in [-0.2, -0.15) is 0 Å². The fraction of sp³-hybridized carbons (Fsp3) is 0.419. The van der Waals surface area contributed by atoms with Gasteiger partial charge in [0.2, 0.25) is 0 Å². The van der Waals surface area contributed by atoms with Gasteiger partial charge in [-0.25, -0.2) is 13.8 Å². The maximum absolute atomic E-state index is 16.0. The number of ether oxygens (including phenoxy) is 2. The largest absolute Gasteiger partial charge is 0.480 e. The fourth-order valence-corrected chi connectivity index (χ4v) is 6.35. The van der Waals surface area contributed by atoms with Crippen molar-refractivity contribution in [2.75, 3.05) is 19.8 Å². The fourth-order valence-electron chi connectivity index (χ4n) is 6.10. The molecular formula is C31H34ClF2N3O5. The van der Waals surface area contributed by atoms with Crippen LogP contribution >= 0.6 is 11.6 Å². The first-order chi connectivity index (χ1) is 20.0. The molecule has 0 saturated heterocycles. The van der Waals surface area contributed by atoms with Gasteiger partial charge in [0.25, 0.3) is 11.8 Å². The van der Waals surface area contributed by atoms with Crippen molar-refractivity contribution < 1.29 is 33.3 Å². The molecule has 8 nitrogen and oxygen atoms in total. The second kappa shape index (κ2) is 11.8. The molecule has 2 heterocycles. The van der Waals surface area contributed by atoms with Crippen molar-refractivity contribution in [1.82, 2.24) is 10.3 Å². The van der Waals surface area contributed by atoms with E-state index >= 15 is 8.78 Å². The highest BCUT2D eigenvalue weighted by Gasteiger charge is 2.50. The van der Waals surface area contributed by atoms with Gasteiger partial charge in [-0.3, -0.25) is 4.79 Å². The summed E-state index contributed by atoms with van der Waals surface area (Å²) in [4.78, 5) is 16.3. The molecule has 5 N–H and O–H groups in total. The van der Waals surface area contributed by atoms with Gasteiger partial charge in [-0.05, 0) is 38.2 Å². The highest BCUT2D eigenvalue weighted by Crippen LogP contribution is 2.56. The predicted octanol–water partition coefficient (Wildman–Crippen LogP) is 4.82. The Morgan fingerprint density at radius 1 is 1.24 bits per heavy atom. The lowest BCUT2D eigenvalue weighted by atomic mass is 9.77. The molecule has 5 rings (SSSR count). The second-order valence-electron chi connectivity index (χ2n) is 11.3.